The third-order valence-corrected chi connectivity index (χ3v) is 9.12. The predicted octanol–water partition coefficient (Wildman–Crippen LogP) is 6.75. The zero-order valence-corrected chi connectivity index (χ0v) is 30.9. The summed E-state index contributed by atoms with van der Waals surface area (Å²) in [6.45, 7) is 16.4. The number of H-pyrrole nitrogens is 1. The van der Waals surface area contributed by atoms with Crippen LogP contribution in [0.15, 0.2) is 55.0 Å². The van der Waals surface area contributed by atoms with Gasteiger partial charge in [0.2, 0.25) is 0 Å². The van der Waals surface area contributed by atoms with Gasteiger partial charge in [0.1, 0.15) is 29.0 Å². The number of benzene rings is 1. The quantitative estimate of drug-likeness (QED) is 0.195. The number of alkyl carbamates (subject to hydrolysis) is 1. The normalized spacial score (nSPS) is 17.4. The standard InChI is InChI=1S/C39H48N8O5/c1-38(2,3)51-36(48)43-28-8-7-13-45(23-28)22-25-11-12-40-31(18-25)33-20-27-19-26(9-10-32(27)47(33)37(49)52-39(4,5)6)30-21-29-34(44-30)41-24-42-35(29)46-14-16-50-17-15-46/h9-12,18-21,24,28H,7-8,13-17,22-23H2,1-6H3,(H,43,48)(H,41,42,44)/t28-/m1/s1. The lowest BCUT2D eigenvalue weighted by Crippen LogP contribution is -2.48. The summed E-state index contributed by atoms with van der Waals surface area (Å²) >= 11 is 0. The molecule has 1 amide bonds. The monoisotopic (exact) mass is 708 g/mol. The zero-order valence-electron chi connectivity index (χ0n) is 30.9. The average molecular weight is 709 g/mol. The van der Waals surface area contributed by atoms with Gasteiger partial charge in [-0.25, -0.2) is 24.1 Å². The van der Waals surface area contributed by atoms with Crippen LogP contribution in [-0.4, -0.2) is 98.2 Å². The molecule has 2 saturated heterocycles. The molecule has 0 radical (unpaired) electrons. The molecule has 1 atom stereocenters. The van der Waals surface area contributed by atoms with E-state index in [1.807, 2.05) is 71.9 Å². The summed E-state index contributed by atoms with van der Waals surface area (Å²) in [4.78, 5) is 48.2. The van der Waals surface area contributed by atoms with Gasteiger partial charge >= 0.3 is 12.2 Å². The Morgan fingerprint density at radius 1 is 0.942 bits per heavy atom. The van der Waals surface area contributed by atoms with Gasteiger partial charge in [0, 0.05) is 49.5 Å². The van der Waals surface area contributed by atoms with E-state index in [4.69, 9.17) is 19.2 Å². The molecule has 274 valence electrons. The third kappa shape index (κ3) is 8.05. The van der Waals surface area contributed by atoms with Crippen molar-refractivity contribution in [3.8, 4) is 22.6 Å². The van der Waals surface area contributed by atoms with Gasteiger partial charge in [-0.15, -0.1) is 0 Å². The molecule has 0 aliphatic carbocycles. The molecule has 13 nitrogen and oxygen atoms in total. The average Bonchev–Trinajstić information content (AvgIpc) is 3.69. The van der Waals surface area contributed by atoms with Crippen LogP contribution in [0, 0.1) is 0 Å². The van der Waals surface area contributed by atoms with Crippen LogP contribution >= 0.6 is 0 Å². The Morgan fingerprint density at radius 3 is 2.50 bits per heavy atom. The summed E-state index contributed by atoms with van der Waals surface area (Å²) in [5, 5.41) is 4.86. The van der Waals surface area contributed by atoms with Crippen LogP contribution in [-0.2, 0) is 20.8 Å². The highest BCUT2D eigenvalue weighted by molar-refractivity contribution is 5.99. The smallest absolute Gasteiger partial charge is 0.419 e. The van der Waals surface area contributed by atoms with E-state index < -0.39 is 17.3 Å². The van der Waals surface area contributed by atoms with Crippen molar-refractivity contribution in [1.29, 1.82) is 0 Å². The number of ether oxygens (including phenoxy) is 3. The number of aromatic nitrogens is 5. The molecule has 52 heavy (non-hydrogen) atoms. The van der Waals surface area contributed by atoms with Crippen molar-refractivity contribution in [2.75, 3.05) is 44.3 Å². The number of rotatable bonds is 6. The van der Waals surface area contributed by atoms with Gasteiger partial charge in [-0.3, -0.25) is 9.88 Å². The lowest BCUT2D eigenvalue weighted by Gasteiger charge is -2.33. The molecule has 2 aliphatic rings. The maximum absolute atomic E-state index is 13.8. The van der Waals surface area contributed by atoms with Crippen LogP contribution in [0.3, 0.4) is 0 Å². The molecule has 7 rings (SSSR count). The maximum Gasteiger partial charge on any atom is 0.419 e. The number of amides is 1. The molecule has 5 aromatic rings. The summed E-state index contributed by atoms with van der Waals surface area (Å²) in [7, 11) is 0. The highest BCUT2D eigenvalue weighted by Gasteiger charge is 2.27. The first-order valence-electron chi connectivity index (χ1n) is 18.0. The Kier molecular flexibility index (Phi) is 9.66. The summed E-state index contributed by atoms with van der Waals surface area (Å²) in [6, 6.07) is 14.1. The van der Waals surface area contributed by atoms with E-state index in [9.17, 15) is 9.59 Å². The fourth-order valence-corrected chi connectivity index (χ4v) is 6.95. The van der Waals surface area contributed by atoms with Crippen molar-refractivity contribution >= 4 is 39.9 Å². The third-order valence-electron chi connectivity index (χ3n) is 9.12. The van der Waals surface area contributed by atoms with Gasteiger partial charge in [0.05, 0.1) is 35.5 Å². The minimum atomic E-state index is -0.693. The zero-order chi connectivity index (χ0) is 36.6. The number of likely N-dealkylation sites (tertiary alicyclic amines) is 1. The van der Waals surface area contributed by atoms with E-state index in [1.54, 1.807) is 17.1 Å². The van der Waals surface area contributed by atoms with Gasteiger partial charge < -0.3 is 29.4 Å². The van der Waals surface area contributed by atoms with E-state index in [-0.39, 0.29) is 12.1 Å². The first kappa shape index (κ1) is 35.4. The molecule has 0 saturated carbocycles. The van der Waals surface area contributed by atoms with Gasteiger partial charge in [-0.1, -0.05) is 6.07 Å². The topological polar surface area (TPSA) is 140 Å². The lowest BCUT2D eigenvalue weighted by atomic mass is 10.0. The Labute approximate surface area is 303 Å². The van der Waals surface area contributed by atoms with E-state index in [1.165, 1.54) is 0 Å². The molecular formula is C39H48N8O5. The van der Waals surface area contributed by atoms with E-state index >= 15 is 0 Å². The van der Waals surface area contributed by atoms with E-state index in [2.05, 4.69) is 42.2 Å². The van der Waals surface area contributed by atoms with Crippen LogP contribution in [0.2, 0.25) is 0 Å². The number of hydrogen-bond acceptors (Lipinski definition) is 10. The minimum Gasteiger partial charge on any atom is -0.444 e. The number of hydrogen-bond donors (Lipinski definition) is 2. The fourth-order valence-electron chi connectivity index (χ4n) is 6.95. The number of fused-ring (bicyclic) bond motifs is 2. The first-order valence-corrected chi connectivity index (χ1v) is 18.0. The van der Waals surface area contributed by atoms with Crippen molar-refractivity contribution in [3.63, 3.8) is 0 Å². The minimum absolute atomic E-state index is 0.00377. The molecule has 1 aromatic carbocycles. The van der Waals surface area contributed by atoms with Gasteiger partial charge in [-0.2, -0.15) is 0 Å². The number of nitrogens with one attached hydrogen (secondary N) is 2. The predicted molar refractivity (Wildman–Crippen MR) is 200 cm³/mol. The number of nitrogens with zero attached hydrogens (tertiary/aromatic N) is 6. The second-order valence-corrected chi connectivity index (χ2v) is 15.6. The summed E-state index contributed by atoms with van der Waals surface area (Å²) < 4.78 is 18.6. The molecular weight excluding hydrogens is 660 g/mol. The second-order valence-electron chi connectivity index (χ2n) is 15.6. The van der Waals surface area contributed by atoms with Crippen LogP contribution in [0.1, 0.15) is 59.9 Å². The van der Waals surface area contributed by atoms with Crippen molar-refractivity contribution in [2.24, 2.45) is 0 Å². The molecule has 4 aromatic heterocycles. The van der Waals surface area contributed by atoms with Crippen molar-refractivity contribution in [3.05, 3.63) is 60.6 Å². The summed E-state index contributed by atoms with van der Waals surface area (Å²) in [5.74, 6) is 0.889. The molecule has 2 aliphatic heterocycles. The highest BCUT2D eigenvalue weighted by atomic mass is 16.6. The Balaban J connectivity index is 1.18. The Bertz CT molecular complexity index is 2090. The van der Waals surface area contributed by atoms with Gasteiger partial charge in [-0.05, 0) is 108 Å². The first-order chi connectivity index (χ1) is 24.8. The largest absolute Gasteiger partial charge is 0.444 e. The van der Waals surface area contributed by atoms with Crippen LogP contribution < -0.4 is 10.2 Å². The molecule has 13 heteroatoms. The highest BCUT2D eigenvalue weighted by Crippen LogP contribution is 2.34. The van der Waals surface area contributed by atoms with Crippen molar-refractivity contribution < 1.29 is 23.8 Å². The van der Waals surface area contributed by atoms with E-state index in [0.29, 0.717) is 37.7 Å². The molecule has 0 bridgehead atoms. The SMILES string of the molecule is CC(C)(C)OC(=O)N[C@@H]1CCCN(Cc2ccnc(-c3cc4cc(-c5cc6c(N7CCOCC7)ncnc6[nH]5)ccc4n3C(=O)OC(C)(C)C)c2)C1. The van der Waals surface area contributed by atoms with Gasteiger partial charge in [0.15, 0.2) is 0 Å². The van der Waals surface area contributed by atoms with E-state index in [0.717, 1.165) is 77.1 Å². The van der Waals surface area contributed by atoms with Crippen LogP contribution in [0.4, 0.5) is 15.4 Å². The molecule has 2 fully saturated rings. The summed E-state index contributed by atoms with van der Waals surface area (Å²) in [5.41, 5.74) is 4.46. The number of morpholine rings is 1. The number of carbonyl (C=O) groups excluding carboxylic acids is 2. The second kappa shape index (κ2) is 14.2. The Morgan fingerprint density at radius 2 is 1.73 bits per heavy atom. The van der Waals surface area contributed by atoms with Crippen LogP contribution in [0.25, 0.3) is 44.6 Å². The Hall–Kier alpha value is -5.01. The number of pyridine rings is 1. The molecule has 0 unspecified atom stereocenters. The molecule has 0 spiro atoms. The molecule has 6 heterocycles. The number of aromatic amines is 1. The number of piperidine rings is 1. The van der Waals surface area contributed by atoms with Crippen molar-refractivity contribution in [2.45, 2.75) is 78.2 Å². The molecule has 2 N–H and O–H groups in total. The van der Waals surface area contributed by atoms with Crippen molar-refractivity contribution in [1.82, 2.24) is 34.7 Å². The summed E-state index contributed by atoms with van der Waals surface area (Å²) in [6.07, 6.45) is 4.38. The number of anilines is 1. The maximum atomic E-state index is 13.8. The fraction of sp³-hybridized carbons (Fsp3) is 0.462. The van der Waals surface area contributed by atoms with Crippen LogP contribution in [0.5, 0.6) is 0 Å². The lowest BCUT2D eigenvalue weighted by molar-refractivity contribution is 0.0468. The van der Waals surface area contributed by atoms with Gasteiger partial charge in [0.25, 0.3) is 0 Å². The number of carbonyl (C=O) groups is 2.